The average Bonchev–Trinajstić information content (AvgIpc) is 3.86. The van der Waals surface area contributed by atoms with Gasteiger partial charge in [0, 0.05) is 5.56 Å². The van der Waals surface area contributed by atoms with Crippen LogP contribution in [0.2, 0.25) is 0 Å². The summed E-state index contributed by atoms with van der Waals surface area (Å²) < 4.78 is 0. The van der Waals surface area contributed by atoms with Crippen LogP contribution in [-0.4, -0.2) is 0 Å². The van der Waals surface area contributed by atoms with Crippen LogP contribution in [0.25, 0.3) is 134 Å². The second-order valence-corrected chi connectivity index (χ2v) is 16.7. The van der Waals surface area contributed by atoms with Gasteiger partial charge in [0.1, 0.15) is 0 Å². The van der Waals surface area contributed by atoms with E-state index in [0.717, 1.165) is 65.3 Å². The van der Waals surface area contributed by atoms with Crippen LogP contribution in [0.3, 0.4) is 0 Å². The standard InChI is InChI=1S/C60H32N4/c1-33-12-6-8-14-37(33)43-24-25-44(38-15-9-7-13-34(38)2)59-51-30-49-42-17-11-19-48-56(42)52(31-50(49)41-16-10-18-47(55(41)51)57(43)59)60-46(39-22-20-35(32-61)28-53(39)63-4)27-26-45(58(48)60)40-23-21-36(62-3)29-54(40)64-5/h6-31H,1-2H3. The normalized spacial score (nSPS) is 11.5. The number of hydrogen-bond donors (Lipinski definition) is 0. The molecular formula is C60H32N4. The van der Waals surface area contributed by atoms with Gasteiger partial charge in [0.2, 0.25) is 0 Å². The molecule has 292 valence electrons. The number of aryl methyl sites for hydroxylation is 2. The summed E-state index contributed by atoms with van der Waals surface area (Å²) in [5.74, 6) is 0. The van der Waals surface area contributed by atoms with Crippen molar-refractivity contribution in [1.29, 1.82) is 5.26 Å². The topological polar surface area (TPSA) is 36.9 Å². The number of fused-ring (bicyclic) bond motifs is 9. The Bertz CT molecular complexity index is 4200. The predicted molar refractivity (Wildman–Crippen MR) is 266 cm³/mol. The molecule has 0 aliphatic carbocycles. The Hall–Kier alpha value is -9.06. The molecule has 0 saturated carbocycles. The van der Waals surface area contributed by atoms with Gasteiger partial charge in [-0.15, -0.1) is 0 Å². The summed E-state index contributed by atoms with van der Waals surface area (Å²) in [4.78, 5) is 11.5. The minimum Gasteiger partial charge on any atom is -0.240 e. The van der Waals surface area contributed by atoms with Crippen molar-refractivity contribution < 1.29 is 0 Å². The summed E-state index contributed by atoms with van der Waals surface area (Å²) in [6.45, 7) is 28.5. The molecule has 4 heteroatoms. The maximum Gasteiger partial charge on any atom is 0.196 e. The monoisotopic (exact) mass is 808 g/mol. The van der Waals surface area contributed by atoms with Crippen LogP contribution in [0.4, 0.5) is 17.1 Å². The molecule has 0 heterocycles. The fourth-order valence-electron chi connectivity index (χ4n) is 10.8. The Kier molecular flexibility index (Phi) is 7.89. The number of hydrogen-bond acceptors (Lipinski definition) is 1. The lowest BCUT2D eigenvalue weighted by Crippen LogP contribution is -1.88. The van der Waals surface area contributed by atoms with Gasteiger partial charge in [-0.3, -0.25) is 0 Å². The summed E-state index contributed by atoms with van der Waals surface area (Å²) in [5.41, 5.74) is 12.3. The van der Waals surface area contributed by atoms with Crippen LogP contribution >= 0.6 is 0 Å². The van der Waals surface area contributed by atoms with Gasteiger partial charge in [0.05, 0.1) is 25.8 Å². The lowest BCUT2D eigenvalue weighted by atomic mass is 9.89. The van der Waals surface area contributed by atoms with E-state index in [1.807, 2.05) is 12.1 Å². The van der Waals surface area contributed by atoms with Crippen LogP contribution in [0.15, 0.2) is 158 Å². The van der Waals surface area contributed by atoms with E-state index in [0.29, 0.717) is 22.6 Å². The molecule has 0 aromatic heterocycles. The van der Waals surface area contributed by atoms with Crippen molar-refractivity contribution in [2.24, 2.45) is 0 Å². The van der Waals surface area contributed by atoms with Gasteiger partial charge in [0.25, 0.3) is 0 Å². The highest BCUT2D eigenvalue weighted by molar-refractivity contribution is 6.44. The van der Waals surface area contributed by atoms with Crippen LogP contribution in [0, 0.1) is 44.9 Å². The first kappa shape index (κ1) is 36.8. The second-order valence-electron chi connectivity index (χ2n) is 16.7. The van der Waals surface area contributed by atoms with Crippen LogP contribution in [0.1, 0.15) is 16.7 Å². The Morgan fingerprint density at radius 2 is 0.766 bits per heavy atom. The zero-order valence-electron chi connectivity index (χ0n) is 34.8. The molecule has 0 amide bonds. The molecule has 0 spiro atoms. The average molecular weight is 809 g/mol. The third-order valence-electron chi connectivity index (χ3n) is 13.5. The minimum atomic E-state index is 0.405. The van der Waals surface area contributed by atoms with E-state index in [-0.39, 0.29) is 0 Å². The quantitative estimate of drug-likeness (QED) is 0.129. The van der Waals surface area contributed by atoms with Crippen molar-refractivity contribution in [3.8, 4) is 50.6 Å². The van der Waals surface area contributed by atoms with Gasteiger partial charge < -0.3 is 0 Å². The number of rotatable bonds is 4. The largest absolute Gasteiger partial charge is 0.240 e. The van der Waals surface area contributed by atoms with Gasteiger partial charge in [-0.25, -0.2) is 14.5 Å². The molecule has 0 aliphatic heterocycles. The van der Waals surface area contributed by atoms with Crippen molar-refractivity contribution in [2.75, 3.05) is 0 Å². The molecule has 12 rings (SSSR count). The fraction of sp³-hybridized carbons (Fsp3) is 0.0333. The van der Waals surface area contributed by atoms with Crippen molar-refractivity contribution >= 4 is 92.5 Å². The zero-order chi connectivity index (χ0) is 43.4. The Labute approximate surface area is 369 Å². The Balaban J connectivity index is 1.29. The highest BCUT2D eigenvalue weighted by Gasteiger charge is 2.26. The maximum absolute atomic E-state index is 9.81. The molecule has 0 radical (unpaired) electrons. The minimum absolute atomic E-state index is 0.405. The summed E-state index contributed by atoms with van der Waals surface area (Å²) in [7, 11) is 0. The summed E-state index contributed by atoms with van der Waals surface area (Å²) >= 11 is 0. The van der Waals surface area contributed by atoms with E-state index in [9.17, 15) is 5.26 Å². The maximum atomic E-state index is 9.81. The third-order valence-corrected chi connectivity index (χ3v) is 13.5. The Morgan fingerprint density at radius 3 is 1.23 bits per heavy atom. The molecule has 0 unspecified atom stereocenters. The fourth-order valence-corrected chi connectivity index (χ4v) is 10.8. The summed E-state index contributed by atoms with van der Waals surface area (Å²) in [6.07, 6.45) is 0. The molecule has 0 bridgehead atoms. The lowest BCUT2D eigenvalue weighted by Gasteiger charge is -2.14. The van der Waals surface area contributed by atoms with E-state index in [1.165, 1.54) is 65.7 Å². The van der Waals surface area contributed by atoms with Crippen LogP contribution < -0.4 is 0 Å². The molecule has 0 fully saturated rings. The smallest absolute Gasteiger partial charge is 0.196 e. The number of nitrogens with zero attached hydrogens (tertiary/aromatic N) is 4. The molecule has 0 atom stereocenters. The van der Waals surface area contributed by atoms with Crippen LogP contribution in [0.5, 0.6) is 0 Å². The SMILES string of the molecule is [C-]#[N+]c1ccc(-c2ccc(-c3ccc(C#N)cc3[N+]#[C-])c3c4cc5c(cc6c7c(-c8ccccc8C)ccc(-c8ccccc8C)c7c7cccc5c76)c5cccc(c23)c54)c([N+]#[C-])c1. The van der Waals surface area contributed by atoms with Gasteiger partial charge in [-0.1, -0.05) is 133 Å². The van der Waals surface area contributed by atoms with Gasteiger partial charge in [-0.2, -0.15) is 5.26 Å². The first-order valence-electron chi connectivity index (χ1n) is 21.2. The zero-order valence-corrected chi connectivity index (χ0v) is 34.8. The Morgan fingerprint density at radius 1 is 0.344 bits per heavy atom. The molecule has 12 aromatic rings. The predicted octanol–water partition coefficient (Wildman–Crippen LogP) is 17.4. The molecule has 64 heavy (non-hydrogen) atoms. The van der Waals surface area contributed by atoms with E-state index in [1.54, 1.807) is 24.3 Å². The molecular weight excluding hydrogens is 777 g/mol. The lowest BCUT2D eigenvalue weighted by molar-refractivity contribution is 1.46. The molecule has 0 aliphatic rings. The molecule has 12 aromatic carbocycles. The van der Waals surface area contributed by atoms with E-state index < -0.39 is 0 Å². The molecule has 0 N–H and O–H groups in total. The van der Waals surface area contributed by atoms with Gasteiger partial charge in [0.15, 0.2) is 17.1 Å². The summed E-state index contributed by atoms with van der Waals surface area (Å²) in [6, 6.07) is 57.1. The van der Waals surface area contributed by atoms with Crippen molar-refractivity contribution in [2.45, 2.75) is 13.8 Å². The van der Waals surface area contributed by atoms with Crippen molar-refractivity contribution in [1.82, 2.24) is 0 Å². The van der Waals surface area contributed by atoms with E-state index in [4.69, 9.17) is 19.7 Å². The first-order chi connectivity index (χ1) is 31.4. The van der Waals surface area contributed by atoms with Gasteiger partial charge >= 0.3 is 0 Å². The number of benzene rings is 10. The van der Waals surface area contributed by atoms with Crippen molar-refractivity contribution in [3.63, 3.8) is 0 Å². The van der Waals surface area contributed by atoms with Crippen molar-refractivity contribution in [3.05, 3.63) is 209 Å². The summed E-state index contributed by atoms with van der Waals surface area (Å²) in [5, 5.41) is 25.8. The highest BCUT2D eigenvalue weighted by Crippen LogP contribution is 2.54. The number of nitriles is 1. The van der Waals surface area contributed by atoms with E-state index >= 15 is 0 Å². The highest BCUT2D eigenvalue weighted by atomic mass is 14.7. The van der Waals surface area contributed by atoms with E-state index in [2.05, 4.69) is 156 Å². The van der Waals surface area contributed by atoms with Crippen LogP contribution in [-0.2, 0) is 0 Å². The van der Waals surface area contributed by atoms with Gasteiger partial charge in [-0.05, 0) is 169 Å². The first-order valence-corrected chi connectivity index (χ1v) is 21.2. The molecule has 0 saturated heterocycles. The molecule has 4 nitrogen and oxygen atoms in total. The second kappa shape index (κ2) is 13.7. The third kappa shape index (κ3) is 5.00.